The molecule has 0 spiro atoms. The topological polar surface area (TPSA) is 57.0 Å². The second kappa shape index (κ2) is 7.31. The Balaban J connectivity index is 1.49. The number of carbonyl (C=O) groups excluding carboxylic acids is 1. The van der Waals surface area contributed by atoms with Crippen molar-refractivity contribution in [3.63, 3.8) is 0 Å². The Morgan fingerprint density at radius 2 is 1.79 bits per heavy atom. The average molecular weight is 330 g/mol. The molecule has 0 aromatic heterocycles. The van der Waals surface area contributed by atoms with Crippen LogP contribution < -0.4 is 15.1 Å². The highest BCUT2D eigenvalue weighted by Gasteiger charge is 2.23. The number of quaternary nitrogens is 1. The Hall–Kier alpha value is -2.60. The van der Waals surface area contributed by atoms with Gasteiger partial charge in [0.1, 0.15) is 11.6 Å². The van der Waals surface area contributed by atoms with Gasteiger partial charge in [0.05, 0.1) is 31.9 Å². The molecule has 3 rings (SSSR count). The van der Waals surface area contributed by atoms with E-state index in [1.807, 2.05) is 12.1 Å². The molecule has 0 saturated carbocycles. The fourth-order valence-electron chi connectivity index (χ4n) is 2.94. The molecule has 1 heterocycles. The molecular formula is C18H21FN3O2+. The number of halogens is 1. The molecule has 24 heavy (non-hydrogen) atoms. The monoisotopic (exact) mass is 330 g/mol. The van der Waals surface area contributed by atoms with Crippen molar-refractivity contribution < 1.29 is 19.2 Å². The van der Waals surface area contributed by atoms with E-state index in [1.54, 1.807) is 24.3 Å². The van der Waals surface area contributed by atoms with Crippen LogP contribution in [0, 0.1) is 5.82 Å². The highest BCUT2D eigenvalue weighted by molar-refractivity contribution is 5.91. The zero-order valence-corrected chi connectivity index (χ0v) is 13.3. The van der Waals surface area contributed by atoms with E-state index >= 15 is 0 Å². The molecule has 0 bridgehead atoms. The molecule has 1 aliphatic heterocycles. The number of phenols is 1. The third-order valence-corrected chi connectivity index (χ3v) is 4.23. The van der Waals surface area contributed by atoms with Gasteiger partial charge in [-0.3, -0.25) is 4.79 Å². The van der Waals surface area contributed by atoms with Crippen LogP contribution in [0.4, 0.5) is 15.8 Å². The number of nitrogens with one attached hydrogen (secondary N) is 2. The lowest BCUT2D eigenvalue weighted by atomic mass is 10.2. The summed E-state index contributed by atoms with van der Waals surface area (Å²) in [5.41, 5.74) is 1.45. The van der Waals surface area contributed by atoms with Gasteiger partial charge in [-0.2, -0.15) is 0 Å². The van der Waals surface area contributed by atoms with Gasteiger partial charge < -0.3 is 20.2 Å². The molecule has 1 amide bonds. The summed E-state index contributed by atoms with van der Waals surface area (Å²) in [7, 11) is 0. The fraction of sp³-hybridized carbons (Fsp3) is 0.278. The SMILES string of the molecule is O=C(C[NH+]1CCN(c2ccccc2O)CC1)Nc1ccc(F)cc1. The van der Waals surface area contributed by atoms with E-state index in [4.69, 9.17) is 0 Å². The van der Waals surface area contributed by atoms with Crippen molar-refractivity contribution in [1.82, 2.24) is 0 Å². The Morgan fingerprint density at radius 3 is 2.46 bits per heavy atom. The number of anilines is 2. The predicted molar refractivity (Wildman–Crippen MR) is 90.9 cm³/mol. The molecule has 6 heteroatoms. The van der Waals surface area contributed by atoms with Crippen molar-refractivity contribution in [3.8, 4) is 5.75 Å². The van der Waals surface area contributed by atoms with Gasteiger partial charge in [-0.1, -0.05) is 12.1 Å². The molecule has 1 fully saturated rings. The molecule has 126 valence electrons. The van der Waals surface area contributed by atoms with Crippen LogP contribution in [0.2, 0.25) is 0 Å². The molecular weight excluding hydrogens is 309 g/mol. The lowest BCUT2D eigenvalue weighted by molar-refractivity contribution is -0.892. The van der Waals surface area contributed by atoms with Gasteiger partial charge in [0.2, 0.25) is 0 Å². The summed E-state index contributed by atoms with van der Waals surface area (Å²) in [6.07, 6.45) is 0. The van der Waals surface area contributed by atoms with Gasteiger partial charge in [0.15, 0.2) is 6.54 Å². The maximum absolute atomic E-state index is 12.9. The van der Waals surface area contributed by atoms with Crippen molar-refractivity contribution in [2.24, 2.45) is 0 Å². The minimum atomic E-state index is -0.320. The number of nitrogens with zero attached hydrogens (tertiary/aromatic N) is 1. The van der Waals surface area contributed by atoms with E-state index in [0.717, 1.165) is 31.9 Å². The molecule has 3 N–H and O–H groups in total. The number of piperazine rings is 1. The minimum Gasteiger partial charge on any atom is -0.506 e. The highest BCUT2D eigenvalue weighted by Crippen LogP contribution is 2.25. The number of hydrogen-bond donors (Lipinski definition) is 3. The molecule has 0 radical (unpaired) electrons. The first kappa shape index (κ1) is 16.3. The summed E-state index contributed by atoms with van der Waals surface area (Å²) in [4.78, 5) is 15.4. The Morgan fingerprint density at radius 1 is 1.12 bits per heavy atom. The standard InChI is InChI=1S/C18H20FN3O2/c19-14-5-7-15(8-6-14)20-18(24)13-21-9-11-22(12-10-21)16-3-1-2-4-17(16)23/h1-8,23H,9-13H2,(H,20,24)/p+1. The summed E-state index contributed by atoms with van der Waals surface area (Å²) in [5, 5.41) is 12.7. The average Bonchev–Trinajstić information content (AvgIpc) is 2.58. The van der Waals surface area contributed by atoms with Crippen LogP contribution in [0.5, 0.6) is 5.75 Å². The molecule has 0 atom stereocenters. The lowest BCUT2D eigenvalue weighted by Crippen LogP contribution is -3.15. The van der Waals surface area contributed by atoms with Gasteiger partial charge in [-0.25, -0.2) is 4.39 Å². The first-order valence-electron chi connectivity index (χ1n) is 8.04. The van der Waals surface area contributed by atoms with E-state index in [9.17, 15) is 14.3 Å². The first-order valence-corrected chi connectivity index (χ1v) is 8.04. The van der Waals surface area contributed by atoms with Crippen LogP contribution in [0.1, 0.15) is 0 Å². The van der Waals surface area contributed by atoms with Gasteiger partial charge in [-0.15, -0.1) is 0 Å². The quantitative estimate of drug-likeness (QED) is 0.780. The maximum atomic E-state index is 12.9. The van der Waals surface area contributed by atoms with Crippen molar-refractivity contribution in [2.45, 2.75) is 0 Å². The number of para-hydroxylation sites is 2. The number of hydrogen-bond acceptors (Lipinski definition) is 3. The molecule has 2 aromatic carbocycles. The van der Waals surface area contributed by atoms with Crippen molar-refractivity contribution in [1.29, 1.82) is 0 Å². The van der Waals surface area contributed by atoms with Crippen LogP contribution in [0.3, 0.4) is 0 Å². The van der Waals surface area contributed by atoms with E-state index in [1.165, 1.54) is 17.0 Å². The zero-order valence-electron chi connectivity index (χ0n) is 13.3. The fourth-order valence-corrected chi connectivity index (χ4v) is 2.94. The van der Waals surface area contributed by atoms with E-state index in [-0.39, 0.29) is 17.5 Å². The summed E-state index contributed by atoms with van der Waals surface area (Å²) in [6, 6.07) is 13.1. The second-order valence-corrected chi connectivity index (χ2v) is 5.96. The Kier molecular flexibility index (Phi) is 4.96. The van der Waals surface area contributed by atoms with Crippen LogP contribution in [-0.4, -0.2) is 43.7 Å². The Labute approximate surface area is 140 Å². The normalized spacial score (nSPS) is 15.3. The summed E-state index contributed by atoms with van der Waals surface area (Å²) in [6.45, 7) is 3.61. The molecule has 0 unspecified atom stereocenters. The highest BCUT2D eigenvalue weighted by atomic mass is 19.1. The number of carbonyl (C=O) groups is 1. The van der Waals surface area contributed by atoms with Gasteiger partial charge in [0.25, 0.3) is 5.91 Å². The number of amides is 1. The lowest BCUT2D eigenvalue weighted by Gasteiger charge is -2.33. The van der Waals surface area contributed by atoms with Crippen LogP contribution in [0.25, 0.3) is 0 Å². The van der Waals surface area contributed by atoms with Crippen molar-refractivity contribution in [2.75, 3.05) is 42.9 Å². The molecule has 1 aliphatic rings. The van der Waals surface area contributed by atoms with Crippen LogP contribution in [-0.2, 0) is 4.79 Å². The summed E-state index contributed by atoms with van der Waals surface area (Å²) < 4.78 is 12.9. The van der Waals surface area contributed by atoms with Crippen molar-refractivity contribution >= 4 is 17.3 Å². The van der Waals surface area contributed by atoms with E-state index in [2.05, 4.69) is 10.2 Å². The van der Waals surface area contributed by atoms with Gasteiger partial charge in [0, 0.05) is 5.69 Å². The minimum absolute atomic E-state index is 0.0763. The number of phenolic OH excluding ortho intramolecular Hbond substituents is 1. The third kappa shape index (κ3) is 4.02. The first-order chi connectivity index (χ1) is 11.6. The Bertz CT molecular complexity index is 698. The summed E-state index contributed by atoms with van der Waals surface area (Å²) in [5.74, 6) is -0.110. The maximum Gasteiger partial charge on any atom is 0.279 e. The van der Waals surface area contributed by atoms with Gasteiger partial charge >= 0.3 is 0 Å². The predicted octanol–water partition coefficient (Wildman–Crippen LogP) is 0.875. The number of rotatable bonds is 4. The molecule has 2 aromatic rings. The summed E-state index contributed by atoms with van der Waals surface area (Å²) >= 11 is 0. The molecule has 5 nitrogen and oxygen atoms in total. The second-order valence-electron chi connectivity index (χ2n) is 5.96. The van der Waals surface area contributed by atoms with Crippen molar-refractivity contribution in [3.05, 3.63) is 54.3 Å². The third-order valence-electron chi connectivity index (χ3n) is 4.23. The molecule has 0 aliphatic carbocycles. The number of aromatic hydroxyl groups is 1. The van der Waals surface area contributed by atoms with E-state index in [0.29, 0.717) is 12.2 Å². The molecule has 1 saturated heterocycles. The smallest absolute Gasteiger partial charge is 0.279 e. The van der Waals surface area contributed by atoms with Crippen LogP contribution in [0.15, 0.2) is 48.5 Å². The largest absolute Gasteiger partial charge is 0.506 e. The zero-order chi connectivity index (χ0) is 16.9. The van der Waals surface area contributed by atoms with Crippen LogP contribution >= 0.6 is 0 Å². The number of benzene rings is 2. The van der Waals surface area contributed by atoms with Gasteiger partial charge in [-0.05, 0) is 36.4 Å². The van der Waals surface area contributed by atoms with E-state index < -0.39 is 0 Å².